The molecule has 0 radical (unpaired) electrons. The maximum absolute atomic E-state index is 12.0. The van der Waals surface area contributed by atoms with Crippen molar-refractivity contribution in [2.24, 2.45) is 0 Å². The van der Waals surface area contributed by atoms with Crippen LogP contribution in [0.4, 0.5) is 0 Å². The molecule has 1 aliphatic heterocycles. The minimum absolute atomic E-state index is 0.0352. The molecule has 0 fully saturated rings. The van der Waals surface area contributed by atoms with E-state index >= 15 is 0 Å². The highest BCUT2D eigenvalue weighted by Gasteiger charge is 2.32. The van der Waals surface area contributed by atoms with Crippen molar-refractivity contribution >= 4 is 17.3 Å². The first kappa shape index (κ1) is 17.6. The predicted molar refractivity (Wildman–Crippen MR) is 100.0 cm³/mol. The highest BCUT2D eigenvalue weighted by atomic mass is 32.1. The lowest BCUT2D eigenvalue weighted by atomic mass is 10.0. The number of ether oxygens (including phenoxy) is 3. The van der Waals surface area contributed by atoms with Gasteiger partial charge in [0.1, 0.15) is 24.2 Å². The maximum Gasteiger partial charge on any atom is 0.344 e. The Morgan fingerprint density at radius 2 is 2.19 bits per heavy atom. The molecule has 7 heteroatoms. The van der Waals surface area contributed by atoms with Crippen LogP contribution in [0.3, 0.4) is 0 Å². The number of fused-ring (bicyclic) bond motifs is 1. The quantitative estimate of drug-likeness (QED) is 0.591. The molecule has 6 nitrogen and oxygen atoms in total. The first-order chi connectivity index (χ1) is 13.0. The van der Waals surface area contributed by atoms with E-state index in [0.29, 0.717) is 23.1 Å². The molecule has 1 aliphatic rings. The zero-order valence-corrected chi connectivity index (χ0v) is 15.9. The lowest BCUT2D eigenvalue weighted by molar-refractivity contribution is -0.147. The topological polar surface area (TPSA) is 70.8 Å². The minimum Gasteiger partial charge on any atom is -0.483 e. The molecule has 0 spiro atoms. The molecule has 0 saturated carbocycles. The Morgan fingerprint density at radius 3 is 3.00 bits per heavy atom. The van der Waals surface area contributed by atoms with Crippen LogP contribution in [0.2, 0.25) is 0 Å². The molecule has 3 heterocycles. The lowest BCUT2D eigenvalue weighted by Crippen LogP contribution is -2.24. The Balaban J connectivity index is 1.31. The molecule has 0 amide bonds. The van der Waals surface area contributed by atoms with E-state index < -0.39 is 5.97 Å². The monoisotopic (exact) mass is 385 g/mol. The third-order valence-electron chi connectivity index (χ3n) is 4.07. The van der Waals surface area contributed by atoms with Gasteiger partial charge in [-0.3, -0.25) is 0 Å². The Bertz CT molecular complexity index is 945. The summed E-state index contributed by atoms with van der Waals surface area (Å²) in [5, 5.41) is 1.95. The number of carbonyl (C=O) groups is 1. The van der Waals surface area contributed by atoms with Crippen LogP contribution in [0.15, 0.2) is 46.4 Å². The van der Waals surface area contributed by atoms with Gasteiger partial charge in [0.05, 0.1) is 4.88 Å². The van der Waals surface area contributed by atoms with E-state index in [0.717, 1.165) is 16.9 Å². The van der Waals surface area contributed by atoms with E-state index in [1.807, 2.05) is 43.5 Å². The molecule has 2 aromatic heterocycles. The number of carbonyl (C=O) groups excluding carboxylic acids is 1. The summed E-state index contributed by atoms with van der Waals surface area (Å²) in [5.41, 5.74) is 1.36. The van der Waals surface area contributed by atoms with E-state index in [1.54, 1.807) is 6.07 Å². The molecule has 4 rings (SSSR count). The first-order valence-corrected chi connectivity index (χ1v) is 9.46. The standard InChI is InChI=1S/C20H19NO5S/c1-20(2)9-13-5-3-6-15(18(13)26-20)23-12-17(22)24-10-14-11-25-19(21-14)16-7-4-8-27-16/h3-8,11H,9-10,12H2,1-2H3. The summed E-state index contributed by atoms with van der Waals surface area (Å²) in [6, 6.07) is 9.53. The van der Waals surface area contributed by atoms with Gasteiger partial charge in [0.15, 0.2) is 18.1 Å². The van der Waals surface area contributed by atoms with Gasteiger partial charge in [-0.15, -0.1) is 11.3 Å². The van der Waals surface area contributed by atoms with E-state index in [4.69, 9.17) is 18.6 Å². The van der Waals surface area contributed by atoms with Crippen molar-refractivity contribution in [2.75, 3.05) is 6.61 Å². The van der Waals surface area contributed by atoms with Crippen molar-refractivity contribution in [1.82, 2.24) is 4.98 Å². The van der Waals surface area contributed by atoms with Crippen LogP contribution in [0, 0.1) is 0 Å². The molecular weight excluding hydrogens is 366 g/mol. The minimum atomic E-state index is -0.481. The normalized spacial score (nSPS) is 14.4. The van der Waals surface area contributed by atoms with E-state index in [-0.39, 0.29) is 18.8 Å². The Hall–Kier alpha value is -2.80. The third kappa shape index (κ3) is 3.98. The second-order valence-electron chi connectivity index (χ2n) is 6.85. The van der Waals surface area contributed by atoms with Gasteiger partial charge in [-0.25, -0.2) is 9.78 Å². The summed E-state index contributed by atoms with van der Waals surface area (Å²) < 4.78 is 22.2. The number of oxazole rings is 1. The van der Waals surface area contributed by atoms with Gasteiger partial charge >= 0.3 is 5.97 Å². The van der Waals surface area contributed by atoms with Crippen LogP contribution >= 0.6 is 11.3 Å². The first-order valence-electron chi connectivity index (χ1n) is 8.58. The molecule has 27 heavy (non-hydrogen) atoms. The average molecular weight is 385 g/mol. The largest absolute Gasteiger partial charge is 0.483 e. The molecule has 140 valence electrons. The highest BCUT2D eigenvalue weighted by molar-refractivity contribution is 7.13. The fourth-order valence-electron chi connectivity index (χ4n) is 2.92. The van der Waals surface area contributed by atoms with Crippen LogP contribution < -0.4 is 9.47 Å². The number of aromatic nitrogens is 1. The summed E-state index contributed by atoms with van der Waals surface area (Å²) in [7, 11) is 0. The number of thiophene rings is 1. The van der Waals surface area contributed by atoms with Crippen molar-refractivity contribution in [2.45, 2.75) is 32.5 Å². The van der Waals surface area contributed by atoms with Gasteiger partial charge in [-0.05, 0) is 31.4 Å². The molecule has 0 atom stereocenters. The number of hydrogen-bond acceptors (Lipinski definition) is 7. The molecular formula is C20H19NO5S. The van der Waals surface area contributed by atoms with E-state index in [2.05, 4.69) is 4.98 Å². The summed E-state index contributed by atoms with van der Waals surface area (Å²) in [5.74, 6) is 1.29. The maximum atomic E-state index is 12.0. The lowest BCUT2D eigenvalue weighted by Gasteiger charge is -2.18. The van der Waals surface area contributed by atoms with Crippen LogP contribution in [0.25, 0.3) is 10.8 Å². The van der Waals surface area contributed by atoms with Crippen molar-refractivity contribution in [1.29, 1.82) is 0 Å². The molecule has 0 N–H and O–H groups in total. The fourth-order valence-corrected chi connectivity index (χ4v) is 3.58. The highest BCUT2D eigenvalue weighted by Crippen LogP contribution is 2.41. The third-order valence-corrected chi connectivity index (χ3v) is 4.92. The van der Waals surface area contributed by atoms with E-state index in [1.165, 1.54) is 17.6 Å². The molecule has 1 aromatic carbocycles. The van der Waals surface area contributed by atoms with Crippen molar-refractivity contribution in [3.8, 4) is 22.3 Å². The molecule has 3 aromatic rings. The smallest absolute Gasteiger partial charge is 0.344 e. The second-order valence-corrected chi connectivity index (χ2v) is 7.80. The summed E-state index contributed by atoms with van der Waals surface area (Å²) in [6.07, 6.45) is 2.30. The summed E-state index contributed by atoms with van der Waals surface area (Å²) >= 11 is 1.53. The van der Waals surface area contributed by atoms with Crippen molar-refractivity contribution in [3.63, 3.8) is 0 Å². The van der Waals surface area contributed by atoms with Crippen LogP contribution in [0.1, 0.15) is 25.1 Å². The summed E-state index contributed by atoms with van der Waals surface area (Å²) in [6.45, 7) is 3.88. The number of esters is 1. The van der Waals surface area contributed by atoms with Crippen molar-refractivity contribution in [3.05, 3.63) is 53.2 Å². The average Bonchev–Trinajstić information content (AvgIpc) is 3.35. The molecule has 0 aliphatic carbocycles. The molecule has 0 saturated heterocycles. The van der Waals surface area contributed by atoms with Gasteiger partial charge in [-0.1, -0.05) is 18.2 Å². The van der Waals surface area contributed by atoms with Gasteiger partial charge < -0.3 is 18.6 Å². The van der Waals surface area contributed by atoms with Gasteiger partial charge in [0, 0.05) is 12.0 Å². The summed E-state index contributed by atoms with van der Waals surface area (Å²) in [4.78, 5) is 17.2. The van der Waals surface area contributed by atoms with Gasteiger partial charge in [0.2, 0.25) is 5.89 Å². The Labute approximate surface area is 160 Å². The zero-order valence-electron chi connectivity index (χ0n) is 15.1. The van der Waals surface area contributed by atoms with Crippen LogP contribution in [-0.4, -0.2) is 23.2 Å². The number of benzene rings is 1. The predicted octanol–water partition coefficient (Wildman–Crippen LogP) is 4.24. The number of nitrogens with zero attached hydrogens (tertiary/aromatic N) is 1. The number of hydrogen-bond donors (Lipinski definition) is 0. The Morgan fingerprint density at radius 1 is 1.30 bits per heavy atom. The zero-order chi connectivity index (χ0) is 18.9. The van der Waals surface area contributed by atoms with Crippen molar-refractivity contribution < 1.29 is 23.4 Å². The molecule has 0 unspecified atom stereocenters. The Kier molecular flexibility index (Phi) is 4.61. The SMILES string of the molecule is CC1(C)Cc2cccc(OCC(=O)OCc3coc(-c4cccs4)n3)c2O1. The van der Waals surface area contributed by atoms with Gasteiger partial charge in [-0.2, -0.15) is 0 Å². The number of para-hydroxylation sites is 1. The van der Waals surface area contributed by atoms with E-state index in [9.17, 15) is 4.79 Å². The van der Waals surface area contributed by atoms with Crippen LogP contribution in [0.5, 0.6) is 11.5 Å². The van der Waals surface area contributed by atoms with Gasteiger partial charge in [0.25, 0.3) is 0 Å². The fraction of sp³-hybridized carbons (Fsp3) is 0.300. The van der Waals surface area contributed by atoms with Crippen LogP contribution in [-0.2, 0) is 22.6 Å². The number of rotatable bonds is 6. The second kappa shape index (κ2) is 7.08. The molecule has 0 bridgehead atoms.